The molecule has 0 aromatic carbocycles. The minimum Gasteiger partial charge on any atom is -0.357 e. The number of hydrogen-bond acceptors (Lipinski definition) is 4. The van der Waals surface area contributed by atoms with Crippen LogP contribution in [0.3, 0.4) is 0 Å². The smallest absolute Gasteiger partial charge is 0.261 e. The van der Waals surface area contributed by atoms with Crippen molar-refractivity contribution in [3.8, 4) is 0 Å². The third-order valence-corrected chi connectivity index (χ3v) is 3.96. The van der Waals surface area contributed by atoms with Gasteiger partial charge < -0.3 is 15.5 Å². The topological polar surface area (TPSA) is 78.5 Å². The van der Waals surface area contributed by atoms with Crippen molar-refractivity contribution in [2.45, 2.75) is 19.9 Å². The summed E-state index contributed by atoms with van der Waals surface area (Å²) in [5.74, 6) is -0.846. The fraction of sp³-hybridized carbons (Fsp3) is 0.462. The highest BCUT2D eigenvalue weighted by Crippen LogP contribution is 2.14. The number of nitrogens with zero attached hydrogens (tertiary/aromatic N) is 1. The maximum atomic E-state index is 11.9. The molecule has 110 valence electrons. The molecule has 6 nitrogen and oxygen atoms in total. The molecule has 0 bridgehead atoms. The van der Waals surface area contributed by atoms with E-state index < -0.39 is 6.04 Å². The molecule has 7 heteroatoms. The van der Waals surface area contributed by atoms with Crippen molar-refractivity contribution in [2.75, 3.05) is 20.6 Å². The summed E-state index contributed by atoms with van der Waals surface area (Å²) in [5.41, 5.74) is 0. The van der Waals surface area contributed by atoms with Gasteiger partial charge in [0.05, 0.1) is 11.4 Å². The fourth-order valence-corrected chi connectivity index (χ4v) is 2.31. The Bertz CT molecular complexity index is 513. The lowest BCUT2D eigenvalue weighted by Gasteiger charge is -2.23. The molecule has 20 heavy (non-hydrogen) atoms. The van der Waals surface area contributed by atoms with E-state index in [1.165, 1.54) is 30.3 Å². The van der Waals surface area contributed by atoms with Gasteiger partial charge in [0, 0.05) is 19.0 Å². The molecule has 2 N–H and O–H groups in total. The molecule has 0 saturated carbocycles. The minimum atomic E-state index is -0.576. The van der Waals surface area contributed by atoms with E-state index >= 15 is 0 Å². The number of hydrogen-bond donors (Lipinski definition) is 2. The van der Waals surface area contributed by atoms with Crippen LogP contribution in [0.25, 0.3) is 0 Å². The predicted octanol–water partition coefficient (Wildman–Crippen LogP) is 0.379. The Balaban J connectivity index is 2.51. The Morgan fingerprint density at radius 3 is 2.50 bits per heavy atom. The number of nitrogens with one attached hydrogen (secondary N) is 2. The first kappa shape index (κ1) is 16.2. The van der Waals surface area contributed by atoms with Crippen LogP contribution in [0.4, 0.5) is 0 Å². The van der Waals surface area contributed by atoms with E-state index in [0.29, 0.717) is 4.88 Å². The third-order valence-electron chi connectivity index (χ3n) is 2.96. The van der Waals surface area contributed by atoms with Crippen molar-refractivity contribution in [1.29, 1.82) is 0 Å². The van der Waals surface area contributed by atoms with Gasteiger partial charge in [0.1, 0.15) is 6.04 Å². The molecule has 1 rings (SSSR count). The van der Waals surface area contributed by atoms with E-state index in [2.05, 4.69) is 10.6 Å². The molecule has 0 aliphatic rings. The number of aryl methyl sites for hydroxylation is 1. The van der Waals surface area contributed by atoms with Gasteiger partial charge in [-0.15, -0.1) is 11.3 Å². The summed E-state index contributed by atoms with van der Waals surface area (Å²) in [6, 6.07) is 2.99. The van der Waals surface area contributed by atoms with Crippen LogP contribution in [0, 0.1) is 6.92 Å². The van der Waals surface area contributed by atoms with Crippen LogP contribution in [0.2, 0.25) is 0 Å². The number of carbonyl (C=O) groups excluding carboxylic acids is 3. The van der Waals surface area contributed by atoms with Gasteiger partial charge in [-0.25, -0.2) is 0 Å². The zero-order chi connectivity index (χ0) is 15.3. The number of likely N-dealkylation sites (N-methyl/N-ethyl adjacent to an activating group) is 2. The third kappa shape index (κ3) is 4.06. The molecule has 0 radical (unpaired) electrons. The summed E-state index contributed by atoms with van der Waals surface area (Å²) in [5, 5.41) is 5.03. The minimum absolute atomic E-state index is 0.131. The van der Waals surface area contributed by atoms with Crippen LogP contribution < -0.4 is 10.6 Å². The maximum Gasteiger partial charge on any atom is 0.261 e. The molecule has 1 aromatic heterocycles. The number of rotatable bonds is 5. The second-order valence-electron chi connectivity index (χ2n) is 4.39. The maximum absolute atomic E-state index is 11.9. The van der Waals surface area contributed by atoms with Crippen molar-refractivity contribution in [2.24, 2.45) is 0 Å². The Labute approximate surface area is 122 Å². The quantitative estimate of drug-likeness (QED) is 0.824. The normalized spacial score (nSPS) is 11.6. The Morgan fingerprint density at radius 1 is 1.35 bits per heavy atom. The van der Waals surface area contributed by atoms with E-state index in [1.807, 2.05) is 13.0 Å². The molecule has 0 unspecified atom stereocenters. The highest BCUT2D eigenvalue weighted by Gasteiger charge is 2.21. The van der Waals surface area contributed by atoms with E-state index in [-0.39, 0.29) is 24.3 Å². The van der Waals surface area contributed by atoms with Crippen molar-refractivity contribution in [3.63, 3.8) is 0 Å². The molecule has 0 spiro atoms. The van der Waals surface area contributed by atoms with E-state index in [1.54, 1.807) is 13.0 Å². The lowest BCUT2D eigenvalue weighted by atomic mass is 10.2. The Hall–Kier alpha value is -1.89. The fourth-order valence-electron chi connectivity index (χ4n) is 1.53. The summed E-state index contributed by atoms with van der Waals surface area (Å²) < 4.78 is 0. The Morgan fingerprint density at radius 2 is 2.00 bits per heavy atom. The Kier molecular flexibility index (Phi) is 5.69. The first-order valence-electron chi connectivity index (χ1n) is 6.18. The van der Waals surface area contributed by atoms with Gasteiger partial charge in [-0.2, -0.15) is 0 Å². The predicted molar refractivity (Wildman–Crippen MR) is 77.7 cm³/mol. The van der Waals surface area contributed by atoms with Crippen molar-refractivity contribution in [1.82, 2.24) is 15.5 Å². The number of amides is 3. The summed E-state index contributed by atoms with van der Waals surface area (Å²) in [7, 11) is 3.04. The average molecular weight is 297 g/mol. The van der Waals surface area contributed by atoms with Crippen molar-refractivity contribution >= 4 is 29.1 Å². The molecule has 0 fully saturated rings. The molecule has 1 heterocycles. The van der Waals surface area contributed by atoms with Crippen molar-refractivity contribution in [3.05, 3.63) is 21.9 Å². The van der Waals surface area contributed by atoms with Gasteiger partial charge in [0.25, 0.3) is 5.91 Å². The largest absolute Gasteiger partial charge is 0.357 e. The van der Waals surface area contributed by atoms with Crippen molar-refractivity contribution < 1.29 is 14.4 Å². The molecule has 0 saturated heterocycles. The lowest BCUT2D eigenvalue weighted by molar-refractivity contribution is -0.137. The SMILES string of the molecule is CNC(=O)[C@H](C)N(C)C(=O)CNC(=O)c1ccc(C)s1. The van der Waals surface area contributed by atoms with Gasteiger partial charge in [-0.3, -0.25) is 14.4 Å². The zero-order valence-corrected chi connectivity index (χ0v) is 12.8. The van der Waals surface area contributed by atoms with Gasteiger partial charge in [-0.1, -0.05) is 0 Å². The van der Waals surface area contributed by atoms with Crippen LogP contribution in [-0.2, 0) is 9.59 Å². The molecule has 3 amide bonds. The van der Waals surface area contributed by atoms with Crippen LogP contribution in [0.1, 0.15) is 21.5 Å². The van der Waals surface area contributed by atoms with Gasteiger partial charge in [0.2, 0.25) is 11.8 Å². The first-order valence-corrected chi connectivity index (χ1v) is 7.00. The van der Waals surface area contributed by atoms with Gasteiger partial charge in [-0.05, 0) is 26.0 Å². The molecule has 0 aliphatic carbocycles. The van der Waals surface area contributed by atoms with Crippen LogP contribution in [-0.4, -0.2) is 49.3 Å². The first-order chi connectivity index (χ1) is 9.36. The number of thiophene rings is 1. The van der Waals surface area contributed by atoms with Crippen LogP contribution in [0.15, 0.2) is 12.1 Å². The van der Waals surface area contributed by atoms with E-state index in [9.17, 15) is 14.4 Å². The molecule has 1 atom stereocenters. The van der Waals surface area contributed by atoms with Crippen LogP contribution in [0.5, 0.6) is 0 Å². The molecule has 1 aromatic rings. The van der Waals surface area contributed by atoms with E-state index in [4.69, 9.17) is 0 Å². The van der Waals surface area contributed by atoms with Gasteiger partial charge >= 0.3 is 0 Å². The zero-order valence-electron chi connectivity index (χ0n) is 12.0. The monoisotopic (exact) mass is 297 g/mol. The molecular weight excluding hydrogens is 278 g/mol. The van der Waals surface area contributed by atoms with Crippen LogP contribution >= 0.6 is 11.3 Å². The standard InChI is InChI=1S/C13H19N3O3S/c1-8-5-6-10(20-8)13(19)15-7-11(17)16(4)9(2)12(18)14-3/h5-6,9H,7H2,1-4H3,(H,14,18)(H,15,19)/t9-/m0/s1. The second-order valence-corrected chi connectivity index (χ2v) is 5.68. The highest BCUT2D eigenvalue weighted by molar-refractivity contribution is 7.13. The summed E-state index contributed by atoms with van der Waals surface area (Å²) >= 11 is 1.37. The molecular formula is C13H19N3O3S. The van der Waals surface area contributed by atoms with E-state index in [0.717, 1.165) is 4.88 Å². The average Bonchev–Trinajstić information content (AvgIpc) is 2.88. The lowest BCUT2D eigenvalue weighted by Crippen LogP contribution is -2.48. The summed E-state index contributed by atoms with van der Waals surface area (Å²) in [4.78, 5) is 38.0. The summed E-state index contributed by atoms with van der Waals surface area (Å²) in [6.07, 6.45) is 0. The van der Waals surface area contributed by atoms with Gasteiger partial charge in [0.15, 0.2) is 0 Å². The summed E-state index contributed by atoms with van der Waals surface area (Å²) in [6.45, 7) is 3.40. The number of carbonyl (C=O) groups is 3. The second kappa shape index (κ2) is 7.04. The highest BCUT2D eigenvalue weighted by atomic mass is 32.1. The molecule has 0 aliphatic heterocycles.